The summed E-state index contributed by atoms with van der Waals surface area (Å²) in [5, 5.41) is 27.6. The highest BCUT2D eigenvalue weighted by Gasteiger charge is 2.52. The summed E-state index contributed by atoms with van der Waals surface area (Å²) in [6.45, 7) is 0. The molecule has 5 rings (SSSR count). The van der Waals surface area contributed by atoms with Crippen LogP contribution in [-0.4, -0.2) is 106 Å². The first-order chi connectivity index (χ1) is 21.7. The maximum Gasteiger partial charge on any atom is 0.302 e. The topological polar surface area (TPSA) is 260 Å². The van der Waals surface area contributed by atoms with Gasteiger partial charge in [0.1, 0.15) is 17.4 Å². The van der Waals surface area contributed by atoms with E-state index in [0.717, 1.165) is 25.7 Å². The molecule has 0 aromatic carbocycles. The largest absolute Gasteiger partial charge is 0.390 e. The second-order valence-electron chi connectivity index (χ2n) is 13.8. The Kier molecular flexibility index (Phi) is 11.7. The maximum absolute atomic E-state index is 11.9. The first-order valence-corrected chi connectivity index (χ1v) is 20.2. The molecule has 0 spiro atoms. The Bertz CT molecular complexity index is 1370. The molecule has 0 amide bonds. The van der Waals surface area contributed by atoms with Crippen LogP contribution in [0, 0.1) is 23.7 Å². The lowest BCUT2D eigenvalue weighted by atomic mass is 9.65. The summed E-state index contributed by atoms with van der Waals surface area (Å²) in [5.74, 6) is -0.711. The lowest BCUT2D eigenvalue weighted by molar-refractivity contribution is -0.0583. The molecule has 15 atom stereocenters. The quantitative estimate of drug-likeness (QED) is 0.131. The Labute approximate surface area is 272 Å². The van der Waals surface area contributed by atoms with Crippen LogP contribution in [-0.2, 0) is 40.5 Å². The van der Waals surface area contributed by atoms with Crippen LogP contribution >= 0.6 is 0 Å². The zero-order valence-electron chi connectivity index (χ0n) is 25.8. The monoisotopic (exact) mass is 713 g/mol. The van der Waals surface area contributed by atoms with Crippen LogP contribution < -0.4 is 5.73 Å². The van der Waals surface area contributed by atoms with E-state index in [-0.39, 0.29) is 55.3 Å². The van der Waals surface area contributed by atoms with Crippen molar-refractivity contribution >= 4 is 31.6 Å². The van der Waals surface area contributed by atoms with Crippen molar-refractivity contribution in [2.75, 3.05) is 7.11 Å². The third kappa shape index (κ3) is 8.39. The predicted molar refractivity (Wildman–Crippen MR) is 165 cm³/mol. The van der Waals surface area contributed by atoms with Gasteiger partial charge < -0.3 is 15.6 Å². The number of fused-ring (bicyclic) bond motifs is 2. The van der Waals surface area contributed by atoms with Gasteiger partial charge in [0, 0.05) is 13.2 Å². The van der Waals surface area contributed by atoms with Crippen LogP contribution in [0.2, 0.25) is 0 Å². The number of aliphatic hydroxyl groups excluding tert-OH is 1. The van der Waals surface area contributed by atoms with E-state index in [1.807, 2.05) is 0 Å². The van der Waals surface area contributed by atoms with E-state index in [1.54, 1.807) is 7.11 Å². The fourth-order valence-electron chi connectivity index (χ4n) is 8.88. The van der Waals surface area contributed by atoms with Crippen molar-refractivity contribution < 1.29 is 48.7 Å². The molecule has 0 aromatic rings. The molecule has 0 saturated heterocycles. The lowest BCUT2D eigenvalue weighted by Crippen LogP contribution is -2.58. The number of rotatable bonds is 9. The highest BCUT2D eigenvalue weighted by molar-refractivity contribution is 7.86. The van der Waals surface area contributed by atoms with Gasteiger partial charge in [0.05, 0.1) is 35.6 Å². The van der Waals surface area contributed by atoms with Crippen molar-refractivity contribution in [1.82, 2.24) is 0 Å². The van der Waals surface area contributed by atoms with Gasteiger partial charge in [-0.1, -0.05) is 12.8 Å². The molecule has 19 heteroatoms. The number of nitrogens with zero attached hydrogens (tertiary/aromatic N) is 4. The number of nitrogens with two attached hydrogens (primary N) is 1. The molecule has 5 aliphatic carbocycles. The average Bonchev–Trinajstić information content (AvgIpc) is 2.98. The van der Waals surface area contributed by atoms with E-state index in [9.17, 15) is 39.8 Å². The SMILES string of the molecule is COC1CC(N=NC2CCC3C(CCCC3S(=O)(=O)O)C2)CCC1N=NC1C(OS(=O)O)CC2CC(S(=O)(=O)O)C(N)CC2C1O. The normalized spacial score (nSPS) is 44.9. The minimum atomic E-state index is -4.41. The second-order valence-corrected chi connectivity index (χ2v) is 17.7. The highest BCUT2D eigenvalue weighted by Crippen LogP contribution is 2.45. The fourth-order valence-corrected chi connectivity index (χ4v) is 11.6. The predicted octanol–water partition coefficient (Wildman–Crippen LogP) is 2.32. The highest BCUT2D eigenvalue weighted by atomic mass is 32.2. The van der Waals surface area contributed by atoms with Crippen LogP contribution in [0.5, 0.6) is 0 Å². The van der Waals surface area contributed by atoms with Crippen molar-refractivity contribution in [1.29, 1.82) is 0 Å². The van der Waals surface area contributed by atoms with Gasteiger partial charge in [0.2, 0.25) is 0 Å². The molecule has 15 unspecified atom stereocenters. The third-order valence-corrected chi connectivity index (χ3v) is 14.2. The zero-order chi connectivity index (χ0) is 33.4. The molecule has 0 radical (unpaired) electrons. The number of methoxy groups -OCH3 is 1. The Hall–Kier alpha value is -1.03. The van der Waals surface area contributed by atoms with E-state index < -0.39 is 78.2 Å². The van der Waals surface area contributed by atoms with Crippen molar-refractivity contribution in [3.63, 3.8) is 0 Å². The van der Waals surface area contributed by atoms with E-state index in [4.69, 9.17) is 14.7 Å². The van der Waals surface area contributed by atoms with Crippen LogP contribution in [0.15, 0.2) is 20.5 Å². The molecule has 0 aromatic heterocycles. The number of aliphatic hydroxyl groups is 1. The lowest BCUT2D eigenvalue weighted by Gasteiger charge is -2.47. The molecule has 0 aliphatic heterocycles. The van der Waals surface area contributed by atoms with Gasteiger partial charge in [-0.3, -0.25) is 17.8 Å². The standard InChI is InChI=1S/C27H47N5O11S3/c1-42-22-12-17(30-29-16-5-7-18-14(9-16)3-2-4-24(18)45(36,37)38)6-8-21(22)31-32-26-23(43-44(34)35)10-15-11-25(46(39,40)41)20(28)13-19(15)27(26)33/h14-27,33H,2-13,28H2,1H3,(H,34,35)(H,36,37,38)(H,39,40,41). The summed E-state index contributed by atoms with van der Waals surface area (Å²) in [5.41, 5.74) is 6.07. The average molecular weight is 714 g/mol. The molecular formula is C27H47N5O11S3. The Morgan fingerprint density at radius 3 is 2.07 bits per heavy atom. The fraction of sp³-hybridized carbons (Fsp3) is 1.00. The molecule has 0 heterocycles. The van der Waals surface area contributed by atoms with Crippen LogP contribution in [0.1, 0.15) is 77.0 Å². The van der Waals surface area contributed by atoms with Crippen LogP contribution in [0.3, 0.4) is 0 Å². The number of ether oxygens (including phenoxy) is 1. The number of hydrogen-bond donors (Lipinski definition) is 5. The van der Waals surface area contributed by atoms with Gasteiger partial charge in [-0.25, -0.2) is 0 Å². The maximum atomic E-state index is 11.9. The second kappa shape index (κ2) is 14.8. The van der Waals surface area contributed by atoms with Crippen LogP contribution in [0.4, 0.5) is 0 Å². The minimum absolute atomic E-state index is 0.00565. The summed E-state index contributed by atoms with van der Waals surface area (Å²) < 4.78 is 98.8. The Balaban J connectivity index is 1.20. The van der Waals surface area contributed by atoms with Crippen LogP contribution in [0.25, 0.3) is 0 Å². The smallest absolute Gasteiger partial charge is 0.302 e. The zero-order valence-corrected chi connectivity index (χ0v) is 28.3. The summed E-state index contributed by atoms with van der Waals surface area (Å²) in [6.07, 6.45) is 3.89. The molecule has 6 N–H and O–H groups in total. The molecule has 46 heavy (non-hydrogen) atoms. The molecule has 16 nitrogen and oxygen atoms in total. The van der Waals surface area contributed by atoms with Crippen molar-refractivity contribution in [2.24, 2.45) is 49.9 Å². The van der Waals surface area contributed by atoms with E-state index >= 15 is 0 Å². The molecule has 5 aliphatic rings. The summed E-state index contributed by atoms with van der Waals surface area (Å²) >= 11 is -2.67. The molecule has 5 fully saturated rings. The van der Waals surface area contributed by atoms with E-state index in [2.05, 4.69) is 20.5 Å². The first-order valence-electron chi connectivity index (χ1n) is 16.1. The van der Waals surface area contributed by atoms with Gasteiger partial charge in [0.25, 0.3) is 20.2 Å². The third-order valence-electron chi connectivity index (χ3n) is 11.2. The minimum Gasteiger partial charge on any atom is -0.390 e. The van der Waals surface area contributed by atoms with Crippen molar-refractivity contribution in [3.8, 4) is 0 Å². The number of hydrogen-bond acceptors (Lipinski definition) is 13. The van der Waals surface area contributed by atoms with Crippen molar-refractivity contribution in [2.45, 2.75) is 136 Å². The van der Waals surface area contributed by atoms with Gasteiger partial charge in [0.15, 0.2) is 0 Å². The van der Waals surface area contributed by atoms with E-state index in [1.165, 1.54) is 0 Å². The Morgan fingerprint density at radius 1 is 0.739 bits per heavy atom. The van der Waals surface area contributed by atoms with Gasteiger partial charge in [-0.15, -0.1) is 0 Å². The molecule has 264 valence electrons. The first kappa shape index (κ1) is 36.3. The summed E-state index contributed by atoms with van der Waals surface area (Å²) in [7, 11) is -6.90. The van der Waals surface area contributed by atoms with E-state index in [0.29, 0.717) is 32.1 Å². The number of azo groups is 2. The van der Waals surface area contributed by atoms with Gasteiger partial charge >= 0.3 is 11.4 Å². The summed E-state index contributed by atoms with van der Waals surface area (Å²) in [4.78, 5) is 0. The Morgan fingerprint density at radius 2 is 1.41 bits per heavy atom. The summed E-state index contributed by atoms with van der Waals surface area (Å²) in [6, 6.07) is -2.33. The molecular weight excluding hydrogens is 667 g/mol. The van der Waals surface area contributed by atoms with Gasteiger partial charge in [-0.2, -0.15) is 41.5 Å². The molecule has 0 bridgehead atoms. The molecule has 5 saturated carbocycles. The van der Waals surface area contributed by atoms with Crippen molar-refractivity contribution in [3.05, 3.63) is 0 Å². The van der Waals surface area contributed by atoms with Gasteiger partial charge in [-0.05, 0) is 87.9 Å².